The lowest BCUT2D eigenvalue weighted by Crippen LogP contribution is -2.54. The molecule has 2 heterocycles. The number of nitrogens with one attached hydrogen (secondary N) is 2. The molecule has 0 spiro atoms. The van der Waals surface area contributed by atoms with E-state index in [1.807, 2.05) is 0 Å². The predicted molar refractivity (Wildman–Crippen MR) is 141 cm³/mol. The summed E-state index contributed by atoms with van der Waals surface area (Å²) in [5, 5.41) is 5.13. The zero-order valence-electron chi connectivity index (χ0n) is 20.8. The molecule has 1 saturated heterocycles. The van der Waals surface area contributed by atoms with Crippen LogP contribution in [0.25, 0.3) is 0 Å². The van der Waals surface area contributed by atoms with Crippen LogP contribution >= 0.6 is 0 Å². The number of aliphatic imine (C=N–C) groups is 1. The average Bonchev–Trinajstić information content (AvgIpc) is 3.36. The highest BCUT2D eigenvalue weighted by molar-refractivity contribution is 7.89. The Hall–Kier alpha value is -4.16. The molecule has 1 fully saturated rings. The lowest BCUT2D eigenvalue weighted by atomic mass is 10.00. The van der Waals surface area contributed by atoms with Crippen LogP contribution in [-0.2, 0) is 14.8 Å². The predicted octanol–water partition coefficient (Wildman–Crippen LogP) is 3.21. The highest BCUT2D eigenvalue weighted by Gasteiger charge is 2.37. The Labute approximate surface area is 224 Å². The second-order valence-electron chi connectivity index (χ2n) is 9.12. The second-order valence-corrected chi connectivity index (χ2v) is 11.0. The normalized spacial score (nSPS) is 19.7. The van der Waals surface area contributed by atoms with Crippen molar-refractivity contribution in [2.24, 2.45) is 4.99 Å². The maximum atomic E-state index is 14.8. The highest BCUT2D eigenvalue weighted by Crippen LogP contribution is 2.28. The van der Waals surface area contributed by atoms with Crippen LogP contribution in [0.3, 0.4) is 0 Å². The fraction of sp³-hybridized carbons (Fsp3) is 0.222. The second kappa shape index (κ2) is 10.5. The molecule has 12 heteroatoms. The highest BCUT2D eigenvalue weighted by atomic mass is 32.2. The standard InChI is InChI=1S/C27H25F2N5O4S/c1-33-22-10-5-3-8-20(22)24(19-7-2-4-9-21(19)29)31-25(26(33)35)32-27(36)30-23-11-6-16-34(23)39(37,38)18-14-12-17(28)13-15-18/h2-5,7-10,12-15,23,25H,6,11,16H2,1H3,(H2,30,32,36). The fourth-order valence-electron chi connectivity index (χ4n) is 4.72. The molecule has 39 heavy (non-hydrogen) atoms. The van der Waals surface area contributed by atoms with E-state index >= 15 is 0 Å². The SMILES string of the molecule is CN1C(=O)C(NC(=O)NC2CCCN2S(=O)(=O)c2ccc(F)cc2)N=C(c2ccccc2F)c2ccccc21. The van der Waals surface area contributed by atoms with Crippen molar-refractivity contribution in [2.45, 2.75) is 30.1 Å². The third kappa shape index (κ3) is 5.12. The van der Waals surface area contributed by atoms with Gasteiger partial charge in [0, 0.05) is 24.7 Å². The molecule has 9 nitrogen and oxygen atoms in total. The molecule has 3 amide bonds. The van der Waals surface area contributed by atoms with Gasteiger partial charge in [0.15, 0.2) is 0 Å². The summed E-state index contributed by atoms with van der Waals surface area (Å²) in [6.07, 6.45) is -1.49. The van der Waals surface area contributed by atoms with Gasteiger partial charge in [0.25, 0.3) is 5.91 Å². The minimum atomic E-state index is -4.01. The van der Waals surface area contributed by atoms with Crippen LogP contribution in [0.1, 0.15) is 24.0 Å². The Bertz CT molecular complexity index is 1560. The van der Waals surface area contributed by atoms with Crippen LogP contribution in [0.5, 0.6) is 0 Å². The minimum Gasteiger partial charge on any atom is -0.322 e. The number of likely N-dealkylation sites (N-methyl/N-ethyl adjacent to an activating group) is 1. The van der Waals surface area contributed by atoms with E-state index in [0.29, 0.717) is 24.1 Å². The number of urea groups is 1. The van der Waals surface area contributed by atoms with Gasteiger partial charge in [0.2, 0.25) is 16.2 Å². The molecule has 3 aromatic carbocycles. The summed E-state index contributed by atoms with van der Waals surface area (Å²) < 4.78 is 55.5. The number of carbonyl (C=O) groups is 2. The molecular weight excluding hydrogens is 528 g/mol. The van der Waals surface area contributed by atoms with E-state index in [2.05, 4.69) is 15.6 Å². The lowest BCUT2D eigenvalue weighted by Gasteiger charge is -2.26. The average molecular weight is 554 g/mol. The van der Waals surface area contributed by atoms with Gasteiger partial charge in [-0.15, -0.1) is 0 Å². The smallest absolute Gasteiger partial charge is 0.318 e. The summed E-state index contributed by atoms with van der Waals surface area (Å²) >= 11 is 0. The quantitative estimate of drug-likeness (QED) is 0.506. The third-order valence-corrected chi connectivity index (χ3v) is 8.58. The van der Waals surface area contributed by atoms with Gasteiger partial charge in [-0.3, -0.25) is 4.79 Å². The number of anilines is 1. The van der Waals surface area contributed by atoms with Gasteiger partial charge in [0.1, 0.15) is 11.6 Å². The molecule has 3 aromatic rings. The monoisotopic (exact) mass is 553 g/mol. The maximum Gasteiger partial charge on any atom is 0.318 e. The van der Waals surface area contributed by atoms with Gasteiger partial charge < -0.3 is 15.5 Å². The van der Waals surface area contributed by atoms with Gasteiger partial charge in [-0.1, -0.05) is 30.3 Å². The van der Waals surface area contributed by atoms with Crippen molar-refractivity contribution in [1.82, 2.24) is 14.9 Å². The Morgan fingerprint density at radius 2 is 1.62 bits per heavy atom. The number of hydrogen-bond acceptors (Lipinski definition) is 5. The van der Waals surface area contributed by atoms with Crippen molar-refractivity contribution < 1.29 is 26.8 Å². The topological polar surface area (TPSA) is 111 Å². The molecule has 202 valence electrons. The first-order valence-corrected chi connectivity index (χ1v) is 13.6. The van der Waals surface area contributed by atoms with Crippen molar-refractivity contribution in [3.05, 3.63) is 95.6 Å². The van der Waals surface area contributed by atoms with Crippen molar-refractivity contribution in [1.29, 1.82) is 0 Å². The minimum absolute atomic E-state index is 0.101. The van der Waals surface area contributed by atoms with E-state index in [-0.39, 0.29) is 22.7 Å². The van der Waals surface area contributed by atoms with Gasteiger partial charge in [-0.2, -0.15) is 4.31 Å². The molecule has 2 aliphatic heterocycles. The largest absolute Gasteiger partial charge is 0.322 e. The van der Waals surface area contributed by atoms with E-state index in [1.165, 1.54) is 30.1 Å². The number of benzodiazepines with no additional fused rings is 1. The number of benzene rings is 3. The van der Waals surface area contributed by atoms with Gasteiger partial charge in [-0.25, -0.2) is 27.0 Å². The summed E-state index contributed by atoms with van der Waals surface area (Å²) in [5.41, 5.74) is 1.35. The van der Waals surface area contributed by atoms with E-state index < -0.39 is 45.9 Å². The Kier molecular flexibility index (Phi) is 7.15. The van der Waals surface area contributed by atoms with E-state index in [0.717, 1.165) is 28.6 Å². The van der Waals surface area contributed by atoms with Crippen molar-refractivity contribution in [3.8, 4) is 0 Å². The molecule has 2 aliphatic rings. The van der Waals surface area contributed by atoms with Crippen LogP contribution in [0.2, 0.25) is 0 Å². The Morgan fingerprint density at radius 1 is 0.949 bits per heavy atom. The summed E-state index contributed by atoms with van der Waals surface area (Å²) in [4.78, 5) is 32.1. The number of carbonyl (C=O) groups excluding carboxylic acids is 2. The molecule has 0 radical (unpaired) electrons. The number of para-hydroxylation sites is 1. The molecule has 0 bridgehead atoms. The summed E-state index contributed by atoms with van der Waals surface area (Å²) in [6, 6.07) is 16.5. The number of hydrogen-bond donors (Lipinski definition) is 2. The van der Waals surface area contributed by atoms with E-state index in [9.17, 15) is 26.8 Å². The number of sulfonamides is 1. The molecule has 2 N–H and O–H groups in total. The number of nitrogens with zero attached hydrogens (tertiary/aromatic N) is 3. The Balaban J connectivity index is 1.41. The summed E-state index contributed by atoms with van der Waals surface area (Å²) in [5.74, 6) is -1.68. The summed E-state index contributed by atoms with van der Waals surface area (Å²) in [6.45, 7) is 0.153. The van der Waals surface area contributed by atoms with Crippen LogP contribution < -0.4 is 15.5 Å². The van der Waals surface area contributed by atoms with Crippen molar-refractivity contribution in [3.63, 3.8) is 0 Å². The first-order valence-electron chi connectivity index (χ1n) is 12.2. The van der Waals surface area contributed by atoms with E-state index in [1.54, 1.807) is 30.3 Å². The van der Waals surface area contributed by atoms with Crippen LogP contribution in [0, 0.1) is 11.6 Å². The molecule has 0 aliphatic carbocycles. The van der Waals surface area contributed by atoms with Crippen LogP contribution in [-0.4, -0.2) is 56.3 Å². The number of amides is 3. The van der Waals surface area contributed by atoms with Crippen molar-refractivity contribution >= 4 is 33.4 Å². The van der Waals surface area contributed by atoms with Gasteiger partial charge >= 0.3 is 6.03 Å². The van der Waals surface area contributed by atoms with E-state index in [4.69, 9.17) is 0 Å². The molecule has 5 rings (SSSR count). The van der Waals surface area contributed by atoms with Crippen LogP contribution in [0.4, 0.5) is 19.3 Å². The summed E-state index contributed by atoms with van der Waals surface area (Å²) in [7, 11) is -2.49. The zero-order chi connectivity index (χ0) is 27.7. The first kappa shape index (κ1) is 26.4. The van der Waals surface area contributed by atoms with Crippen molar-refractivity contribution in [2.75, 3.05) is 18.5 Å². The third-order valence-electron chi connectivity index (χ3n) is 6.66. The van der Waals surface area contributed by atoms with Gasteiger partial charge in [-0.05, 0) is 55.3 Å². The molecule has 2 unspecified atom stereocenters. The zero-order valence-corrected chi connectivity index (χ0v) is 21.7. The number of halogens is 2. The molecule has 0 aromatic heterocycles. The van der Waals surface area contributed by atoms with Gasteiger partial charge in [0.05, 0.1) is 22.5 Å². The Morgan fingerprint density at radius 3 is 2.33 bits per heavy atom. The number of rotatable bonds is 5. The fourth-order valence-corrected chi connectivity index (χ4v) is 6.33. The molecular formula is C27H25F2N5O4S. The first-order chi connectivity index (χ1) is 18.7. The van der Waals surface area contributed by atoms with Crippen LogP contribution in [0.15, 0.2) is 82.7 Å². The number of fused-ring (bicyclic) bond motifs is 1. The molecule has 2 atom stereocenters. The lowest BCUT2D eigenvalue weighted by molar-refractivity contribution is -0.119. The maximum absolute atomic E-state index is 14.8. The molecule has 0 saturated carbocycles.